The van der Waals surface area contributed by atoms with Gasteiger partial charge in [-0.1, -0.05) is 43.7 Å². The molecule has 22 heavy (non-hydrogen) atoms. The van der Waals surface area contributed by atoms with E-state index in [-0.39, 0.29) is 5.92 Å². The van der Waals surface area contributed by atoms with Gasteiger partial charge in [0.05, 0.1) is 5.54 Å². The molecule has 122 valence electrons. The predicted octanol–water partition coefficient (Wildman–Crippen LogP) is 2.43. The van der Waals surface area contributed by atoms with Crippen molar-refractivity contribution in [2.45, 2.75) is 52.6 Å². The zero-order valence-electron chi connectivity index (χ0n) is 14.1. The first kappa shape index (κ1) is 18.0. The Labute approximate surface area is 132 Å². The molecule has 1 aromatic carbocycles. The molecule has 5 nitrogen and oxygen atoms in total. The van der Waals surface area contributed by atoms with Crippen LogP contribution in [0.3, 0.4) is 0 Å². The standard InChI is InChI=1S/C17H27N3O2/c1-11(2)10-14(15(18)21)19-16(22)20-17(4,5)13-8-6-12(3)7-9-13/h6-9,11,14H,10H2,1-5H3,(H2,18,21)(H2,19,20,22)/t14-/m0/s1. The van der Waals surface area contributed by atoms with Crippen LogP contribution >= 0.6 is 0 Å². The molecule has 0 saturated carbocycles. The SMILES string of the molecule is Cc1ccc(C(C)(C)NC(=O)N[C@@H](CC(C)C)C(N)=O)cc1. The van der Waals surface area contributed by atoms with E-state index in [9.17, 15) is 9.59 Å². The van der Waals surface area contributed by atoms with Gasteiger partial charge < -0.3 is 16.4 Å². The van der Waals surface area contributed by atoms with Crippen LogP contribution in [0.25, 0.3) is 0 Å². The topological polar surface area (TPSA) is 84.2 Å². The minimum atomic E-state index is -0.659. The Morgan fingerprint density at radius 1 is 1.18 bits per heavy atom. The number of amides is 3. The van der Waals surface area contributed by atoms with E-state index in [1.165, 1.54) is 0 Å². The highest BCUT2D eigenvalue weighted by atomic mass is 16.2. The number of carbonyl (C=O) groups is 2. The molecule has 0 aliphatic rings. The summed E-state index contributed by atoms with van der Waals surface area (Å²) < 4.78 is 0. The number of aryl methyl sites for hydroxylation is 1. The first-order valence-electron chi connectivity index (χ1n) is 7.57. The minimum Gasteiger partial charge on any atom is -0.368 e. The summed E-state index contributed by atoms with van der Waals surface area (Å²) in [5, 5.41) is 5.55. The Kier molecular flexibility index (Phi) is 5.97. The highest BCUT2D eigenvalue weighted by Gasteiger charge is 2.25. The van der Waals surface area contributed by atoms with Gasteiger partial charge in [0.1, 0.15) is 6.04 Å². The van der Waals surface area contributed by atoms with Gasteiger partial charge in [-0.2, -0.15) is 0 Å². The molecule has 0 bridgehead atoms. The molecular weight excluding hydrogens is 278 g/mol. The molecule has 0 radical (unpaired) electrons. The number of primary amides is 1. The van der Waals surface area contributed by atoms with Crippen molar-refractivity contribution >= 4 is 11.9 Å². The summed E-state index contributed by atoms with van der Waals surface area (Å²) in [6.45, 7) is 9.80. The van der Waals surface area contributed by atoms with Gasteiger partial charge in [-0.05, 0) is 38.7 Å². The number of benzene rings is 1. The van der Waals surface area contributed by atoms with Crippen molar-refractivity contribution in [2.24, 2.45) is 11.7 Å². The summed E-state index contributed by atoms with van der Waals surface area (Å²) in [6, 6.07) is 6.91. The van der Waals surface area contributed by atoms with Crippen LogP contribution in [0.2, 0.25) is 0 Å². The molecule has 1 rings (SSSR count). The lowest BCUT2D eigenvalue weighted by Crippen LogP contribution is -2.53. The number of urea groups is 1. The van der Waals surface area contributed by atoms with Crippen molar-refractivity contribution in [3.63, 3.8) is 0 Å². The van der Waals surface area contributed by atoms with Crippen molar-refractivity contribution in [1.29, 1.82) is 0 Å². The van der Waals surface area contributed by atoms with Crippen LogP contribution in [0, 0.1) is 12.8 Å². The van der Waals surface area contributed by atoms with E-state index in [0.717, 1.165) is 11.1 Å². The summed E-state index contributed by atoms with van der Waals surface area (Å²) in [4.78, 5) is 23.6. The number of hydrogen-bond acceptors (Lipinski definition) is 2. The molecule has 0 unspecified atom stereocenters. The van der Waals surface area contributed by atoms with E-state index in [1.807, 2.05) is 58.9 Å². The van der Waals surface area contributed by atoms with Crippen LogP contribution in [-0.2, 0) is 10.3 Å². The zero-order chi connectivity index (χ0) is 16.9. The van der Waals surface area contributed by atoms with E-state index in [4.69, 9.17) is 5.73 Å². The molecule has 3 amide bonds. The highest BCUT2D eigenvalue weighted by molar-refractivity contribution is 5.86. The van der Waals surface area contributed by atoms with Crippen molar-refractivity contribution in [3.8, 4) is 0 Å². The number of carbonyl (C=O) groups excluding carboxylic acids is 2. The van der Waals surface area contributed by atoms with Gasteiger partial charge in [0, 0.05) is 0 Å². The van der Waals surface area contributed by atoms with Gasteiger partial charge in [0.15, 0.2) is 0 Å². The Morgan fingerprint density at radius 2 is 1.73 bits per heavy atom. The lowest BCUT2D eigenvalue weighted by Gasteiger charge is -2.28. The fourth-order valence-electron chi connectivity index (χ4n) is 2.24. The molecule has 0 aliphatic carbocycles. The molecule has 0 aromatic heterocycles. The Morgan fingerprint density at radius 3 is 2.18 bits per heavy atom. The van der Waals surface area contributed by atoms with Crippen LogP contribution in [0.4, 0.5) is 4.79 Å². The normalized spacial score (nSPS) is 12.8. The molecule has 0 saturated heterocycles. The van der Waals surface area contributed by atoms with Crippen LogP contribution in [-0.4, -0.2) is 18.0 Å². The highest BCUT2D eigenvalue weighted by Crippen LogP contribution is 2.20. The van der Waals surface area contributed by atoms with E-state index in [0.29, 0.717) is 6.42 Å². The summed E-state index contributed by atoms with van der Waals surface area (Å²) in [5.74, 6) is -0.250. The maximum atomic E-state index is 12.2. The number of hydrogen-bond donors (Lipinski definition) is 3. The molecule has 0 aliphatic heterocycles. The van der Waals surface area contributed by atoms with Gasteiger partial charge in [-0.15, -0.1) is 0 Å². The fourth-order valence-corrected chi connectivity index (χ4v) is 2.24. The van der Waals surface area contributed by atoms with Crippen LogP contribution < -0.4 is 16.4 Å². The van der Waals surface area contributed by atoms with Crippen LogP contribution in [0.15, 0.2) is 24.3 Å². The predicted molar refractivity (Wildman–Crippen MR) is 88.3 cm³/mol. The Balaban J connectivity index is 2.73. The van der Waals surface area contributed by atoms with Crippen LogP contribution in [0.5, 0.6) is 0 Å². The Hall–Kier alpha value is -2.04. The summed E-state index contributed by atoms with van der Waals surface area (Å²) in [7, 11) is 0. The molecule has 0 heterocycles. The zero-order valence-corrected chi connectivity index (χ0v) is 14.1. The van der Waals surface area contributed by atoms with E-state index in [1.54, 1.807) is 0 Å². The molecule has 0 fully saturated rings. The summed E-state index contributed by atoms with van der Waals surface area (Å²) in [5.41, 5.74) is 6.95. The quantitative estimate of drug-likeness (QED) is 0.754. The van der Waals surface area contributed by atoms with Crippen molar-refractivity contribution in [3.05, 3.63) is 35.4 Å². The first-order chi connectivity index (χ1) is 10.1. The lowest BCUT2D eigenvalue weighted by molar-refractivity contribution is -0.120. The molecule has 1 aromatic rings. The molecule has 0 spiro atoms. The van der Waals surface area contributed by atoms with Gasteiger partial charge >= 0.3 is 6.03 Å². The van der Waals surface area contributed by atoms with E-state index in [2.05, 4.69) is 10.6 Å². The smallest absolute Gasteiger partial charge is 0.316 e. The lowest BCUT2D eigenvalue weighted by atomic mass is 9.93. The number of rotatable bonds is 6. The average molecular weight is 305 g/mol. The van der Waals surface area contributed by atoms with Crippen molar-refractivity contribution in [2.75, 3.05) is 0 Å². The fraction of sp³-hybridized carbons (Fsp3) is 0.529. The molecule has 1 atom stereocenters. The Bertz CT molecular complexity index is 521. The third kappa shape index (κ3) is 5.39. The monoisotopic (exact) mass is 305 g/mol. The van der Waals surface area contributed by atoms with Gasteiger partial charge in [0.2, 0.25) is 5.91 Å². The average Bonchev–Trinajstić information content (AvgIpc) is 2.37. The van der Waals surface area contributed by atoms with Crippen LogP contribution in [0.1, 0.15) is 45.2 Å². The van der Waals surface area contributed by atoms with E-state index >= 15 is 0 Å². The number of nitrogens with two attached hydrogens (primary N) is 1. The van der Waals surface area contributed by atoms with E-state index < -0.39 is 23.5 Å². The summed E-state index contributed by atoms with van der Waals surface area (Å²) >= 11 is 0. The van der Waals surface area contributed by atoms with Gasteiger partial charge in [0.25, 0.3) is 0 Å². The second kappa shape index (κ2) is 7.29. The second-order valence-corrected chi connectivity index (χ2v) is 6.67. The van der Waals surface area contributed by atoms with Crippen molar-refractivity contribution in [1.82, 2.24) is 10.6 Å². The molecule has 4 N–H and O–H groups in total. The maximum absolute atomic E-state index is 12.2. The summed E-state index contributed by atoms with van der Waals surface area (Å²) in [6.07, 6.45) is 0.522. The first-order valence-corrected chi connectivity index (χ1v) is 7.57. The third-order valence-electron chi connectivity index (χ3n) is 3.56. The molecule has 5 heteroatoms. The third-order valence-corrected chi connectivity index (χ3v) is 3.56. The minimum absolute atomic E-state index is 0.267. The number of nitrogens with one attached hydrogen (secondary N) is 2. The van der Waals surface area contributed by atoms with Crippen molar-refractivity contribution < 1.29 is 9.59 Å². The van der Waals surface area contributed by atoms with Gasteiger partial charge in [-0.25, -0.2) is 4.79 Å². The second-order valence-electron chi connectivity index (χ2n) is 6.67. The largest absolute Gasteiger partial charge is 0.368 e. The maximum Gasteiger partial charge on any atom is 0.316 e. The molecular formula is C17H27N3O2. The van der Waals surface area contributed by atoms with Gasteiger partial charge in [-0.3, -0.25) is 4.79 Å².